The SMILES string of the molecule is O=[N+]([O-])c1ccccc1NCCCn1ccnc1. The Morgan fingerprint density at radius 1 is 1.39 bits per heavy atom. The molecule has 18 heavy (non-hydrogen) atoms. The number of rotatable bonds is 6. The molecule has 0 aliphatic carbocycles. The molecule has 0 fully saturated rings. The summed E-state index contributed by atoms with van der Waals surface area (Å²) in [6.45, 7) is 1.52. The maximum Gasteiger partial charge on any atom is 0.292 e. The standard InChI is InChI=1S/C12H14N4O2/c17-16(18)12-5-2-1-4-11(12)14-6-3-8-15-9-7-13-10-15/h1-2,4-5,7,9-10,14H,3,6,8H2. The van der Waals surface area contributed by atoms with Gasteiger partial charge in [-0.25, -0.2) is 4.98 Å². The first-order valence-corrected chi connectivity index (χ1v) is 5.70. The Kier molecular flexibility index (Phi) is 3.90. The molecular formula is C12H14N4O2. The molecule has 0 aliphatic rings. The third-order valence-electron chi connectivity index (χ3n) is 2.57. The number of imidazole rings is 1. The van der Waals surface area contributed by atoms with Gasteiger partial charge in [-0.15, -0.1) is 0 Å². The van der Waals surface area contributed by atoms with E-state index in [4.69, 9.17) is 0 Å². The highest BCUT2D eigenvalue weighted by molar-refractivity contribution is 5.60. The second-order valence-corrected chi connectivity index (χ2v) is 3.86. The minimum atomic E-state index is -0.377. The predicted octanol–water partition coefficient (Wildman–Crippen LogP) is 2.29. The van der Waals surface area contributed by atoms with Crippen molar-refractivity contribution in [1.29, 1.82) is 0 Å². The van der Waals surface area contributed by atoms with Crippen LogP contribution in [0, 0.1) is 10.1 Å². The summed E-state index contributed by atoms with van der Waals surface area (Å²) in [5.41, 5.74) is 0.674. The van der Waals surface area contributed by atoms with Crippen LogP contribution in [0.15, 0.2) is 43.0 Å². The maximum atomic E-state index is 10.8. The molecule has 0 amide bonds. The Hall–Kier alpha value is -2.37. The number of anilines is 1. The molecule has 94 valence electrons. The molecule has 0 atom stereocenters. The van der Waals surface area contributed by atoms with Crippen LogP contribution in [0.5, 0.6) is 0 Å². The second-order valence-electron chi connectivity index (χ2n) is 3.86. The van der Waals surface area contributed by atoms with Gasteiger partial charge in [0, 0.05) is 31.5 Å². The first kappa shape index (κ1) is 12.1. The van der Waals surface area contributed by atoms with E-state index in [0.717, 1.165) is 13.0 Å². The van der Waals surface area contributed by atoms with Crippen molar-refractivity contribution in [3.05, 3.63) is 53.1 Å². The van der Waals surface area contributed by atoms with Gasteiger partial charge in [0.05, 0.1) is 11.3 Å². The molecule has 2 aromatic rings. The molecular weight excluding hydrogens is 232 g/mol. The van der Waals surface area contributed by atoms with Crippen molar-refractivity contribution < 1.29 is 4.92 Å². The Morgan fingerprint density at radius 3 is 2.94 bits per heavy atom. The van der Waals surface area contributed by atoms with Crippen molar-refractivity contribution in [2.75, 3.05) is 11.9 Å². The Labute approximate surface area is 104 Å². The topological polar surface area (TPSA) is 73.0 Å². The number of aryl methyl sites for hydroxylation is 1. The van der Waals surface area contributed by atoms with E-state index >= 15 is 0 Å². The Morgan fingerprint density at radius 2 is 2.22 bits per heavy atom. The van der Waals surface area contributed by atoms with E-state index in [-0.39, 0.29) is 10.6 Å². The van der Waals surface area contributed by atoms with E-state index in [2.05, 4.69) is 10.3 Å². The average molecular weight is 246 g/mol. The summed E-state index contributed by atoms with van der Waals surface area (Å²) in [7, 11) is 0. The van der Waals surface area contributed by atoms with Crippen molar-refractivity contribution in [2.24, 2.45) is 0 Å². The lowest BCUT2D eigenvalue weighted by Gasteiger charge is -2.07. The Balaban J connectivity index is 1.85. The fraction of sp³-hybridized carbons (Fsp3) is 0.250. The molecule has 0 unspecified atom stereocenters. The van der Waals surface area contributed by atoms with Crippen molar-refractivity contribution >= 4 is 11.4 Å². The molecule has 6 heteroatoms. The summed E-state index contributed by atoms with van der Waals surface area (Å²) < 4.78 is 1.97. The van der Waals surface area contributed by atoms with Crippen LogP contribution in [-0.4, -0.2) is 21.0 Å². The highest BCUT2D eigenvalue weighted by Crippen LogP contribution is 2.22. The number of hydrogen-bond acceptors (Lipinski definition) is 4. The molecule has 1 aromatic heterocycles. The van der Waals surface area contributed by atoms with Gasteiger partial charge in [0.15, 0.2) is 0 Å². The molecule has 1 N–H and O–H groups in total. The van der Waals surface area contributed by atoms with Gasteiger partial charge in [-0.2, -0.15) is 0 Å². The number of para-hydroxylation sites is 2. The third-order valence-corrected chi connectivity index (χ3v) is 2.57. The molecule has 2 rings (SSSR count). The maximum absolute atomic E-state index is 10.8. The number of nitro groups is 1. The van der Waals surface area contributed by atoms with Crippen LogP contribution in [0.2, 0.25) is 0 Å². The van der Waals surface area contributed by atoms with Crippen LogP contribution >= 0.6 is 0 Å². The van der Waals surface area contributed by atoms with E-state index in [0.29, 0.717) is 12.2 Å². The quantitative estimate of drug-likeness (QED) is 0.482. The molecule has 0 spiro atoms. The fourth-order valence-electron chi connectivity index (χ4n) is 1.69. The van der Waals surface area contributed by atoms with Crippen molar-refractivity contribution in [3.8, 4) is 0 Å². The number of nitro benzene ring substituents is 1. The van der Waals surface area contributed by atoms with Crippen molar-refractivity contribution in [1.82, 2.24) is 9.55 Å². The van der Waals surface area contributed by atoms with E-state index in [1.54, 1.807) is 30.7 Å². The van der Waals surface area contributed by atoms with Crippen LogP contribution in [0.1, 0.15) is 6.42 Å². The van der Waals surface area contributed by atoms with Crippen molar-refractivity contribution in [2.45, 2.75) is 13.0 Å². The first-order chi connectivity index (χ1) is 8.77. The molecule has 6 nitrogen and oxygen atoms in total. The van der Waals surface area contributed by atoms with Gasteiger partial charge < -0.3 is 9.88 Å². The summed E-state index contributed by atoms with van der Waals surface area (Å²) in [4.78, 5) is 14.4. The zero-order valence-electron chi connectivity index (χ0n) is 9.82. The molecule has 0 saturated carbocycles. The molecule has 0 radical (unpaired) electrons. The summed E-state index contributed by atoms with van der Waals surface area (Å²) in [6, 6.07) is 6.66. The molecule has 0 bridgehead atoms. The van der Waals surface area contributed by atoms with E-state index in [9.17, 15) is 10.1 Å². The Bertz CT molecular complexity index is 511. The lowest BCUT2D eigenvalue weighted by Crippen LogP contribution is -2.07. The minimum Gasteiger partial charge on any atom is -0.379 e. The van der Waals surface area contributed by atoms with Gasteiger partial charge in [0.25, 0.3) is 5.69 Å². The number of hydrogen-bond donors (Lipinski definition) is 1. The summed E-state index contributed by atoms with van der Waals surface area (Å²) in [5.74, 6) is 0. The zero-order valence-corrected chi connectivity index (χ0v) is 9.82. The lowest BCUT2D eigenvalue weighted by atomic mass is 10.2. The number of nitrogens with zero attached hydrogens (tertiary/aromatic N) is 3. The molecule has 1 heterocycles. The highest BCUT2D eigenvalue weighted by atomic mass is 16.6. The molecule has 0 aliphatic heterocycles. The summed E-state index contributed by atoms with van der Waals surface area (Å²) in [6.07, 6.45) is 6.26. The van der Waals surface area contributed by atoms with E-state index < -0.39 is 0 Å². The number of aromatic nitrogens is 2. The highest BCUT2D eigenvalue weighted by Gasteiger charge is 2.10. The molecule has 0 saturated heterocycles. The van der Waals surface area contributed by atoms with Crippen LogP contribution in [0.25, 0.3) is 0 Å². The van der Waals surface area contributed by atoms with Crippen molar-refractivity contribution in [3.63, 3.8) is 0 Å². The van der Waals surface area contributed by atoms with E-state index in [1.165, 1.54) is 6.07 Å². The normalized spacial score (nSPS) is 10.2. The van der Waals surface area contributed by atoms with Gasteiger partial charge in [0.2, 0.25) is 0 Å². The van der Waals surface area contributed by atoms with Gasteiger partial charge in [-0.3, -0.25) is 10.1 Å². The largest absolute Gasteiger partial charge is 0.379 e. The van der Waals surface area contributed by atoms with Gasteiger partial charge in [-0.05, 0) is 12.5 Å². The second kappa shape index (κ2) is 5.81. The fourth-order valence-corrected chi connectivity index (χ4v) is 1.69. The van der Waals surface area contributed by atoms with Gasteiger partial charge in [0.1, 0.15) is 5.69 Å². The van der Waals surface area contributed by atoms with Crippen LogP contribution < -0.4 is 5.32 Å². The van der Waals surface area contributed by atoms with Crippen LogP contribution in [-0.2, 0) is 6.54 Å². The van der Waals surface area contributed by atoms with Gasteiger partial charge >= 0.3 is 0 Å². The lowest BCUT2D eigenvalue weighted by molar-refractivity contribution is -0.384. The third kappa shape index (κ3) is 3.07. The predicted molar refractivity (Wildman–Crippen MR) is 68.4 cm³/mol. The molecule has 1 aromatic carbocycles. The first-order valence-electron chi connectivity index (χ1n) is 5.70. The number of benzene rings is 1. The minimum absolute atomic E-state index is 0.111. The van der Waals surface area contributed by atoms with Crippen LogP contribution in [0.4, 0.5) is 11.4 Å². The summed E-state index contributed by atoms with van der Waals surface area (Å²) in [5, 5.41) is 13.9. The zero-order chi connectivity index (χ0) is 12.8. The van der Waals surface area contributed by atoms with Crippen LogP contribution in [0.3, 0.4) is 0 Å². The van der Waals surface area contributed by atoms with E-state index in [1.807, 2.05) is 10.8 Å². The monoisotopic (exact) mass is 246 g/mol. The summed E-state index contributed by atoms with van der Waals surface area (Å²) >= 11 is 0. The van der Waals surface area contributed by atoms with Gasteiger partial charge in [-0.1, -0.05) is 12.1 Å². The average Bonchev–Trinajstić information content (AvgIpc) is 2.88. The number of nitrogens with one attached hydrogen (secondary N) is 1. The smallest absolute Gasteiger partial charge is 0.292 e.